The van der Waals surface area contributed by atoms with Crippen molar-refractivity contribution in [1.82, 2.24) is 19.7 Å². The fourth-order valence-corrected chi connectivity index (χ4v) is 4.19. The van der Waals surface area contributed by atoms with Crippen LogP contribution in [0.2, 0.25) is 0 Å². The smallest absolute Gasteiger partial charge is 0.339 e. The van der Waals surface area contributed by atoms with Crippen molar-refractivity contribution in [2.24, 2.45) is 0 Å². The number of hydrogen-bond acceptors (Lipinski definition) is 6. The average molecular weight is 422 g/mol. The molecule has 0 aliphatic carbocycles. The van der Waals surface area contributed by atoms with Crippen LogP contribution in [-0.2, 0) is 4.74 Å². The summed E-state index contributed by atoms with van der Waals surface area (Å²) in [7, 11) is 0. The standard InChI is InChI=1S/C22H19FN4O2S/c1-13-10-18(27-12-24-11-25-27)8-9-19(13)22(28)29-15(3)20-14(2)26-21(30-20)16-4-6-17(23)7-5-16/h4-12,15H,1-3H3/t15-/m0/s1. The summed E-state index contributed by atoms with van der Waals surface area (Å²) in [5.74, 6) is -0.693. The third-order valence-corrected chi connectivity index (χ3v) is 6.06. The normalized spacial score (nSPS) is 12.0. The Kier molecular flexibility index (Phi) is 5.41. The second-order valence-electron chi connectivity index (χ2n) is 6.86. The van der Waals surface area contributed by atoms with Gasteiger partial charge in [0.25, 0.3) is 0 Å². The quantitative estimate of drug-likeness (QED) is 0.420. The number of nitrogens with zero attached hydrogens (tertiary/aromatic N) is 4. The van der Waals surface area contributed by atoms with Crippen LogP contribution < -0.4 is 0 Å². The number of halogens is 1. The van der Waals surface area contributed by atoms with Gasteiger partial charge in [0.2, 0.25) is 0 Å². The molecule has 0 radical (unpaired) electrons. The number of aryl methyl sites for hydroxylation is 2. The number of thiazole rings is 1. The van der Waals surface area contributed by atoms with Gasteiger partial charge in [-0.2, -0.15) is 5.10 Å². The van der Waals surface area contributed by atoms with Crippen LogP contribution in [0.5, 0.6) is 0 Å². The predicted molar refractivity (Wildman–Crippen MR) is 112 cm³/mol. The summed E-state index contributed by atoms with van der Waals surface area (Å²) >= 11 is 1.44. The van der Waals surface area contributed by atoms with E-state index in [1.165, 1.54) is 29.8 Å². The summed E-state index contributed by atoms with van der Waals surface area (Å²) in [6.45, 7) is 5.56. The van der Waals surface area contributed by atoms with Gasteiger partial charge in [-0.25, -0.2) is 23.8 Å². The maximum absolute atomic E-state index is 13.2. The molecular weight excluding hydrogens is 403 g/mol. The van der Waals surface area contributed by atoms with Gasteiger partial charge in [0.05, 0.1) is 21.8 Å². The molecule has 0 aliphatic rings. The van der Waals surface area contributed by atoms with Crippen molar-refractivity contribution in [2.75, 3.05) is 0 Å². The van der Waals surface area contributed by atoms with Crippen LogP contribution in [0.25, 0.3) is 16.3 Å². The summed E-state index contributed by atoms with van der Waals surface area (Å²) in [5.41, 5.74) is 3.71. The zero-order chi connectivity index (χ0) is 21.3. The Bertz CT molecular complexity index is 1190. The summed E-state index contributed by atoms with van der Waals surface area (Å²) < 4.78 is 20.5. The lowest BCUT2D eigenvalue weighted by molar-refractivity contribution is 0.0342. The second kappa shape index (κ2) is 8.16. The molecule has 2 heterocycles. The van der Waals surface area contributed by atoms with Crippen LogP contribution in [0, 0.1) is 19.7 Å². The van der Waals surface area contributed by atoms with Crippen LogP contribution in [0.4, 0.5) is 4.39 Å². The van der Waals surface area contributed by atoms with Crippen LogP contribution in [-0.4, -0.2) is 25.7 Å². The average Bonchev–Trinajstić information content (AvgIpc) is 3.38. The van der Waals surface area contributed by atoms with Crippen LogP contribution in [0.3, 0.4) is 0 Å². The van der Waals surface area contributed by atoms with Gasteiger partial charge in [0.15, 0.2) is 0 Å². The molecule has 4 aromatic rings. The van der Waals surface area contributed by atoms with Gasteiger partial charge in [0, 0.05) is 5.56 Å². The second-order valence-corrected chi connectivity index (χ2v) is 7.89. The molecule has 152 valence electrons. The van der Waals surface area contributed by atoms with E-state index >= 15 is 0 Å². The molecular formula is C22H19FN4O2S. The molecule has 0 spiro atoms. The zero-order valence-corrected chi connectivity index (χ0v) is 17.5. The number of ether oxygens (including phenoxy) is 1. The molecule has 0 amide bonds. The molecule has 2 aromatic heterocycles. The fraction of sp³-hybridized carbons (Fsp3) is 0.182. The van der Waals surface area contributed by atoms with E-state index in [1.54, 1.807) is 35.3 Å². The molecule has 2 aromatic carbocycles. The highest BCUT2D eigenvalue weighted by Gasteiger charge is 2.21. The first-order valence-electron chi connectivity index (χ1n) is 9.32. The van der Waals surface area contributed by atoms with Crippen molar-refractivity contribution < 1.29 is 13.9 Å². The summed E-state index contributed by atoms with van der Waals surface area (Å²) in [5, 5.41) is 4.86. The number of carbonyl (C=O) groups is 1. The van der Waals surface area contributed by atoms with Gasteiger partial charge in [-0.15, -0.1) is 11.3 Å². The third-order valence-electron chi connectivity index (χ3n) is 4.69. The Hall–Kier alpha value is -3.39. The lowest BCUT2D eigenvalue weighted by Crippen LogP contribution is -2.11. The number of hydrogen-bond donors (Lipinski definition) is 0. The number of carbonyl (C=O) groups excluding carboxylic acids is 1. The van der Waals surface area contributed by atoms with Crippen LogP contribution in [0.15, 0.2) is 55.1 Å². The maximum atomic E-state index is 13.2. The molecule has 8 heteroatoms. The highest BCUT2D eigenvalue weighted by Crippen LogP contribution is 2.34. The van der Waals surface area contributed by atoms with E-state index in [2.05, 4.69) is 15.1 Å². The predicted octanol–water partition coefficient (Wildman–Crippen LogP) is 5.06. The van der Waals surface area contributed by atoms with E-state index in [9.17, 15) is 9.18 Å². The SMILES string of the molecule is Cc1cc(-n2cncn2)ccc1C(=O)O[C@@H](C)c1sc(-c2ccc(F)cc2)nc1C. The van der Waals surface area contributed by atoms with E-state index in [1.807, 2.05) is 26.8 Å². The van der Waals surface area contributed by atoms with Gasteiger partial charge in [-0.05, 0) is 68.8 Å². The van der Waals surface area contributed by atoms with Crippen molar-refractivity contribution >= 4 is 17.3 Å². The van der Waals surface area contributed by atoms with E-state index in [0.717, 1.165) is 32.4 Å². The minimum Gasteiger partial charge on any atom is -0.453 e. The molecule has 0 bridgehead atoms. The first kappa shape index (κ1) is 19.9. The minimum atomic E-state index is -0.460. The number of aromatic nitrogens is 4. The Morgan fingerprint density at radius 3 is 2.60 bits per heavy atom. The van der Waals surface area contributed by atoms with E-state index in [-0.39, 0.29) is 5.82 Å². The van der Waals surface area contributed by atoms with Crippen molar-refractivity contribution in [2.45, 2.75) is 26.9 Å². The highest BCUT2D eigenvalue weighted by molar-refractivity contribution is 7.15. The molecule has 6 nitrogen and oxygen atoms in total. The van der Waals surface area contributed by atoms with Gasteiger partial charge < -0.3 is 4.74 Å². The molecule has 0 saturated heterocycles. The zero-order valence-electron chi connectivity index (χ0n) is 16.7. The lowest BCUT2D eigenvalue weighted by atomic mass is 10.1. The Labute approximate surface area is 177 Å². The first-order valence-corrected chi connectivity index (χ1v) is 10.1. The number of rotatable bonds is 5. The number of benzene rings is 2. The molecule has 0 aliphatic heterocycles. The maximum Gasteiger partial charge on any atom is 0.339 e. The van der Waals surface area contributed by atoms with E-state index in [0.29, 0.717) is 5.56 Å². The summed E-state index contributed by atoms with van der Waals surface area (Å²) in [6.07, 6.45) is 2.59. The van der Waals surface area contributed by atoms with Gasteiger partial charge in [0.1, 0.15) is 29.6 Å². The first-order chi connectivity index (χ1) is 14.4. The Morgan fingerprint density at radius 2 is 1.93 bits per heavy atom. The van der Waals surface area contributed by atoms with E-state index < -0.39 is 12.1 Å². The van der Waals surface area contributed by atoms with Crippen LogP contribution in [0.1, 0.15) is 39.5 Å². The van der Waals surface area contributed by atoms with Gasteiger partial charge in [-0.3, -0.25) is 0 Å². The van der Waals surface area contributed by atoms with Crippen LogP contribution >= 0.6 is 11.3 Å². The number of esters is 1. The largest absolute Gasteiger partial charge is 0.453 e. The summed E-state index contributed by atoms with van der Waals surface area (Å²) in [4.78, 5) is 22.1. The Morgan fingerprint density at radius 1 is 1.17 bits per heavy atom. The van der Waals surface area contributed by atoms with Gasteiger partial charge in [-0.1, -0.05) is 0 Å². The van der Waals surface area contributed by atoms with Crippen molar-refractivity contribution in [1.29, 1.82) is 0 Å². The molecule has 0 N–H and O–H groups in total. The highest BCUT2D eigenvalue weighted by atomic mass is 32.1. The topological polar surface area (TPSA) is 69.9 Å². The molecule has 0 saturated carbocycles. The molecule has 0 unspecified atom stereocenters. The van der Waals surface area contributed by atoms with Crippen molar-refractivity contribution in [3.63, 3.8) is 0 Å². The fourth-order valence-electron chi connectivity index (χ4n) is 3.14. The minimum absolute atomic E-state index is 0.292. The van der Waals surface area contributed by atoms with Crippen molar-refractivity contribution in [3.05, 3.63) is 82.6 Å². The Balaban J connectivity index is 1.52. The third kappa shape index (κ3) is 3.99. The molecule has 0 fully saturated rings. The lowest BCUT2D eigenvalue weighted by Gasteiger charge is -2.14. The molecule has 1 atom stereocenters. The summed E-state index contributed by atoms with van der Waals surface area (Å²) in [6, 6.07) is 11.6. The molecule has 4 rings (SSSR count). The molecule has 30 heavy (non-hydrogen) atoms. The van der Waals surface area contributed by atoms with Gasteiger partial charge >= 0.3 is 5.97 Å². The van der Waals surface area contributed by atoms with Crippen molar-refractivity contribution in [3.8, 4) is 16.3 Å². The van der Waals surface area contributed by atoms with E-state index in [4.69, 9.17) is 4.74 Å². The monoisotopic (exact) mass is 422 g/mol.